The average Bonchev–Trinajstić information content (AvgIpc) is 2.88. The molecule has 0 saturated heterocycles. The van der Waals surface area contributed by atoms with E-state index in [4.69, 9.17) is 5.73 Å². The van der Waals surface area contributed by atoms with Gasteiger partial charge in [0.1, 0.15) is 11.5 Å². The van der Waals surface area contributed by atoms with Crippen LogP contribution in [-0.4, -0.2) is 19.3 Å². The van der Waals surface area contributed by atoms with Gasteiger partial charge in [0.15, 0.2) is 0 Å². The zero-order chi connectivity index (χ0) is 15.6. The minimum absolute atomic E-state index is 0.128. The Balaban J connectivity index is 2.41. The maximum atomic E-state index is 11.9. The van der Waals surface area contributed by atoms with E-state index in [9.17, 15) is 9.59 Å². The van der Waals surface area contributed by atoms with Gasteiger partial charge in [0.05, 0.1) is 11.9 Å². The fraction of sp³-hybridized carbons (Fsp3) is 0.462. The Morgan fingerprint density at radius 1 is 1.43 bits per heavy atom. The molecule has 0 saturated carbocycles. The van der Waals surface area contributed by atoms with Crippen molar-refractivity contribution in [1.82, 2.24) is 19.3 Å². The van der Waals surface area contributed by atoms with Gasteiger partial charge in [-0.05, 0) is 20.3 Å². The van der Waals surface area contributed by atoms with Gasteiger partial charge < -0.3 is 11.1 Å². The third-order valence-electron chi connectivity index (χ3n) is 3.09. The second-order valence-electron chi connectivity index (χ2n) is 5.10. The van der Waals surface area contributed by atoms with Crippen molar-refractivity contribution in [1.29, 1.82) is 0 Å². The van der Waals surface area contributed by atoms with Crippen LogP contribution in [0.5, 0.6) is 0 Å². The molecule has 114 valence electrons. The molecule has 8 nitrogen and oxygen atoms in total. The van der Waals surface area contributed by atoms with Crippen LogP contribution in [0, 0.1) is 0 Å². The lowest BCUT2D eigenvalue weighted by molar-refractivity contribution is 0.532. The third-order valence-corrected chi connectivity index (χ3v) is 3.09. The molecule has 8 heteroatoms. The van der Waals surface area contributed by atoms with Crippen molar-refractivity contribution in [3.8, 4) is 0 Å². The predicted octanol–water partition coefficient (Wildman–Crippen LogP) is 1.05. The van der Waals surface area contributed by atoms with Gasteiger partial charge in [-0.2, -0.15) is 5.10 Å². The highest BCUT2D eigenvalue weighted by atomic mass is 16.2. The summed E-state index contributed by atoms with van der Waals surface area (Å²) in [5.74, 6) is 0.128. The highest BCUT2D eigenvalue weighted by Crippen LogP contribution is 2.18. The largest absolute Gasteiger partial charge is 0.383 e. The second kappa shape index (κ2) is 5.86. The van der Waals surface area contributed by atoms with Crippen molar-refractivity contribution in [2.75, 3.05) is 11.1 Å². The van der Waals surface area contributed by atoms with Gasteiger partial charge in [0.25, 0.3) is 5.56 Å². The molecule has 0 aromatic carbocycles. The van der Waals surface area contributed by atoms with Crippen LogP contribution in [0.2, 0.25) is 0 Å². The minimum atomic E-state index is -0.540. The van der Waals surface area contributed by atoms with Gasteiger partial charge in [-0.25, -0.2) is 4.79 Å². The first-order valence-electron chi connectivity index (χ1n) is 6.87. The van der Waals surface area contributed by atoms with E-state index in [0.717, 1.165) is 6.42 Å². The summed E-state index contributed by atoms with van der Waals surface area (Å²) in [6.07, 6.45) is 4.12. The lowest BCUT2D eigenvalue weighted by Crippen LogP contribution is -2.33. The van der Waals surface area contributed by atoms with Crippen LogP contribution >= 0.6 is 0 Å². The average molecular weight is 292 g/mol. The van der Waals surface area contributed by atoms with Gasteiger partial charge in [-0.3, -0.25) is 19.0 Å². The van der Waals surface area contributed by atoms with E-state index in [0.29, 0.717) is 12.2 Å². The van der Waals surface area contributed by atoms with E-state index in [1.165, 1.54) is 4.57 Å². The van der Waals surface area contributed by atoms with E-state index in [1.807, 2.05) is 20.8 Å². The van der Waals surface area contributed by atoms with Gasteiger partial charge in [0, 0.05) is 18.8 Å². The topological polar surface area (TPSA) is 111 Å². The summed E-state index contributed by atoms with van der Waals surface area (Å²) in [6, 6.07) is 0.213. The smallest absolute Gasteiger partial charge is 0.330 e. The summed E-state index contributed by atoms with van der Waals surface area (Å²) in [5, 5.41) is 7.11. The number of H-pyrrole nitrogens is 1. The molecular formula is C13H20N6O2. The van der Waals surface area contributed by atoms with Crippen molar-refractivity contribution in [2.24, 2.45) is 0 Å². The Kier molecular flexibility index (Phi) is 4.15. The standard InChI is InChI=1S/C13H20N6O2/c1-4-5-18-11(14)10(12(20)17-13(18)21)16-9-6-15-19(7-9)8(2)3/h6-8,16H,4-5,14H2,1-3H3,(H,17,20,21). The molecule has 2 aromatic heterocycles. The molecule has 0 aliphatic heterocycles. The fourth-order valence-corrected chi connectivity index (χ4v) is 1.98. The number of nitrogens with zero attached hydrogens (tertiary/aromatic N) is 3. The molecule has 2 heterocycles. The Bertz CT molecular complexity index is 740. The van der Waals surface area contributed by atoms with Crippen molar-refractivity contribution in [2.45, 2.75) is 39.8 Å². The SMILES string of the molecule is CCCn1c(N)c(Nc2cnn(C(C)C)c2)c(=O)[nH]c1=O. The number of nitrogens with two attached hydrogens (primary N) is 1. The fourth-order valence-electron chi connectivity index (χ4n) is 1.98. The quantitative estimate of drug-likeness (QED) is 0.762. The van der Waals surface area contributed by atoms with Crippen molar-refractivity contribution >= 4 is 17.2 Å². The molecule has 0 atom stereocenters. The van der Waals surface area contributed by atoms with Crippen LogP contribution in [0.4, 0.5) is 17.2 Å². The summed E-state index contributed by atoms with van der Waals surface area (Å²) in [5.41, 5.74) is 5.70. The van der Waals surface area contributed by atoms with Crippen molar-refractivity contribution < 1.29 is 0 Å². The molecular weight excluding hydrogens is 272 g/mol. The number of hydrogen-bond donors (Lipinski definition) is 3. The molecule has 0 unspecified atom stereocenters. The van der Waals surface area contributed by atoms with Crippen LogP contribution < -0.4 is 22.3 Å². The van der Waals surface area contributed by atoms with Crippen LogP contribution in [0.15, 0.2) is 22.0 Å². The molecule has 21 heavy (non-hydrogen) atoms. The number of nitrogens with one attached hydrogen (secondary N) is 2. The van der Waals surface area contributed by atoms with Crippen LogP contribution in [-0.2, 0) is 6.54 Å². The van der Waals surface area contributed by atoms with Crippen LogP contribution in [0.3, 0.4) is 0 Å². The highest BCUT2D eigenvalue weighted by molar-refractivity contribution is 5.68. The Hall–Kier alpha value is -2.51. The molecule has 2 rings (SSSR count). The summed E-state index contributed by atoms with van der Waals surface area (Å²) >= 11 is 0. The first-order valence-corrected chi connectivity index (χ1v) is 6.87. The van der Waals surface area contributed by atoms with E-state index < -0.39 is 11.2 Å². The molecule has 4 N–H and O–H groups in total. The zero-order valence-corrected chi connectivity index (χ0v) is 12.4. The number of rotatable bonds is 5. The molecule has 0 aliphatic carbocycles. The van der Waals surface area contributed by atoms with Gasteiger partial charge in [-0.1, -0.05) is 6.92 Å². The van der Waals surface area contributed by atoms with Gasteiger partial charge in [-0.15, -0.1) is 0 Å². The first-order chi connectivity index (χ1) is 9.93. The Morgan fingerprint density at radius 2 is 2.14 bits per heavy atom. The summed E-state index contributed by atoms with van der Waals surface area (Å²) < 4.78 is 3.10. The Morgan fingerprint density at radius 3 is 2.71 bits per heavy atom. The summed E-state index contributed by atoms with van der Waals surface area (Å²) in [6.45, 7) is 6.37. The number of hydrogen-bond acceptors (Lipinski definition) is 5. The molecule has 0 radical (unpaired) electrons. The monoisotopic (exact) mass is 292 g/mol. The van der Waals surface area contributed by atoms with Gasteiger partial charge in [0.2, 0.25) is 0 Å². The normalized spacial score (nSPS) is 11.0. The number of nitrogen functional groups attached to an aromatic ring is 1. The van der Waals surface area contributed by atoms with Crippen molar-refractivity contribution in [3.63, 3.8) is 0 Å². The maximum Gasteiger partial charge on any atom is 0.330 e. The third kappa shape index (κ3) is 2.99. The summed E-state index contributed by atoms with van der Waals surface area (Å²) in [7, 11) is 0. The van der Waals surface area contributed by atoms with E-state index in [2.05, 4.69) is 15.4 Å². The number of aromatic nitrogens is 4. The number of aromatic amines is 1. The van der Waals surface area contributed by atoms with E-state index >= 15 is 0 Å². The van der Waals surface area contributed by atoms with E-state index in [-0.39, 0.29) is 17.5 Å². The zero-order valence-electron chi connectivity index (χ0n) is 12.4. The Labute approximate surface area is 121 Å². The second-order valence-corrected chi connectivity index (χ2v) is 5.10. The molecule has 0 bridgehead atoms. The number of anilines is 3. The van der Waals surface area contributed by atoms with Crippen molar-refractivity contribution in [3.05, 3.63) is 33.2 Å². The predicted molar refractivity (Wildman–Crippen MR) is 81.9 cm³/mol. The van der Waals surface area contributed by atoms with E-state index in [1.54, 1.807) is 17.1 Å². The molecule has 2 aromatic rings. The summed E-state index contributed by atoms with van der Waals surface area (Å²) in [4.78, 5) is 25.9. The highest BCUT2D eigenvalue weighted by Gasteiger charge is 2.13. The van der Waals surface area contributed by atoms with Gasteiger partial charge >= 0.3 is 5.69 Å². The molecule has 0 aliphatic rings. The maximum absolute atomic E-state index is 11.9. The lowest BCUT2D eigenvalue weighted by Gasteiger charge is -2.12. The molecule has 0 amide bonds. The lowest BCUT2D eigenvalue weighted by atomic mass is 10.4. The van der Waals surface area contributed by atoms with Crippen LogP contribution in [0.25, 0.3) is 0 Å². The molecule has 0 spiro atoms. The van der Waals surface area contributed by atoms with Crippen LogP contribution in [0.1, 0.15) is 33.2 Å². The first kappa shape index (κ1) is 14.9. The minimum Gasteiger partial charge on any atom is -0.383 e. The molecule has 0 fully saturated rings.